The highest BCUT2D eigenvalue weighted by Gasteiger charge is 2.46. The van der Waals surface area contributed by atoms with Crippen molar-refractivity contribution in [2.45, 2.75) is 24.4 Å². The zero-order chi connectivity index (χ0) is 21.1. The number of carbonyl (C=O) groups excluding carboxylic acids is 1. The fraction of sp³-hybridized carbons (Fsp3) is 0.500. The molecule has 2 aromatic rings. The van der Waals surface area contributed by atoms with E-state index in [4.69, 9.17) is 4.74 Å². The van der Waals surface area contributed by atoms with Crippen molar-refractivity contribution in [1.82, 2.24) is 14.8 Å². The van der Waals surface area contributed by atoms with E-state index in [1.54, 1.807) is 10.6 Å². The van der Waals surface area contributed by atoms with Crippen LogP contribution in [0.4, 0.5) is 5.69 Å². The van der Waals surface area contributed by atoms with Crippen LogP contribution in [0.15, 0.2) is 48.7 Å². The van der Waals surface area contributed by atoms with Crippen molar-refractivity contribution in [1.29, 1.82) is 0 Å². The second kappa shape index (κ2) is 9.18. The molecule has 1 aromatic carbocycles. The number of nitrogens with zero attached hydrogens (tertiary/aromatic N) is 3. The van der Waals surface area contributed by atoms with Gasteiger partial charge in [-0.3, -0.25) is 9.69 Å². The standard InChI is InChI=1S/C22H30N4O4/c1-24-9-5-8-17(24)22(29)23-14-18-20(21(28)19(15-27)30-18)26-12-10-25(11-13-26)16-6-3-2-4-7-16/h2-9,18-21,27-28H,10-15H2,1H3,(H,23,29)/t18-,19+,20-,21-/m1/s1. The van der Waals surface area contributed by atoms with E-state index in [-0.39, 0.29) is 31.2 Å². The predicted octanol–water partition coefficient (Wildman–Crippen LogP) is 0.0663. The van der Waals surface area contributed by atoms with E-state index in [1.165, 1.54) is 5.69 Å². The van der Waals surface area contributed by atoms with Crippen LogP contribution in [0.25, 0.3) is 0 Å². The largest absolute Gasteiger partial charge is 0.394 e. The molecule has 0 bridgehead atoms. The Morgan fingerprint density at radius 1 is 1.10 bits per heavy atom. The van der Waals surface area contributed by atoms with Gasteiger partial charge in [-0.1, -0.05) is 18.2 Å². The summed E-state index contributed by atoms with van der Waals surface area (Å²) in [6.07, 6.45) is 0.000566. The zero-order valence-corrected chi connectivity index (χ0v) is 17.2. The quantitative estimate of drug-likeness (QED) is 0.620. The number of amides is 1. The van der Waals surface area contributed by atoms with E-state index in [2.05, 4.69) is 27.2 Å². The molecule has 0 unspecified atom stereocenters. The SMILES string of the molecule is Cn1cccc1C(=O)NC[C@H]1O[C@@H](CO)[C@@H](O)[C@@H]1N1CCN(c2ccccc2)CC1. The van der Waals surface area contributed by atoms with Crippen molar-refractivity contribution in [3.8, 4) is 0 Å². The van der Waals surface area contributed by atoms with Gasteiger partial charge in [0.2, 0.25) is 0 Å². The van der Waals surface area contributed by atoms with Gasteiger partial charge in [-0.05, 0) is 24.3 Å². The number of aliphatic hydroxyl groups is 2. The Morgan fingerprint density at radius 2 is 1.83 bits per heavy atom. The van der Waals surface area contributed by atoms with Gasteiger partial charge in [0.1, 0.15) is 17.9 Å². The molecular weight excluding hydrogens is 384 g/mol. The van der Waals surface area contributed by atoms with Gasteiger partial charge < -0.3 is 29.7 Å². The zero-order valence-electron chi connectivity index (χ0n) is 17.2. The Hall–Kier alpha value is -2.39. The summed E-state index contributed by atoms with van der Waals surface area (Å²) in [5.74, 6) is -0.180. The Balaban J connectivity index is 1.39. The predicted molar refractivity (Wildman–Crippen MR) is 114 cm³/mol. The monoisotopic (exact) mass is 414 g/mol. The van der Waals surface area contributed by atoms with Crippen molar-refractivity contribution in [3.63, 3.8) is 0 Å². The number of anilines is 1. The molecule has 8 nitrogen and oxygen atoms in total. The highest BCUT2D eigenvalue weighted by molar-refractivity contribution is 5.92. The highest BCUT2D eigenvalue weighted by Crippen LogP contribution is 2.27. The third-order valence-electron chi connectivity index (χ3n) is 6.14. The number of rotatable bonds is 6. The number of nitrogens with one attached hydrogen (secondary N) is 1. The number of hydrogen-bond acceptors (Lipinski definition) is 6. The summed E-state index contributed by atoms with van der Waals surface area (Å²) in [5.41, 5.74) is 1.76. The lowest BCUT2D eigenvalue weighted by Gasteiger charge is -2.41. The van der Waals surface area contributed by atoms with Crippen molar-refractivity contribution < 1.29 is 19.7 Å². The fourth-order valence-electron chi connectivity index (χ4n) is 4.49. The Bertz CT molecular complexity index is 835. The van der Waals surface area contributed by atoms with E-state index in [1.807, 2.05) is 37.5 Å². The Labute approximate surface area is 176 Å². The summed E-state index contributed by atoms with van der Waals surface area (Å²) in [6.45, 7) is 3.28. The molecular formula is C22H30N4O4. The molecule has 30 heavy (non-hydrogen) atoms. The first-order chi connectivity index (χ1) is 14.6. The number of aryl methyl sites for hydroxylation is 1. The number of ether oxygens (including phenoxy) is 1. The number of piperazine rings is 1. The molecule has 2 saturated heterocycles. The Morgan fingerprint density at radius 3 is 2.47 bits per heavy atom. The van der Waals surface area contributed by atoms with Gasteiger partial charge in [0.25, 0.3) is 5.91 Å². The Kier molecular flexibility index (Phi) is 6.38. The number of para-hydroxylation sites is 1. The molecule has 2 fully saturated rings. The molecule has 8 heteroatoms. The summed E-state index contributed by atoms with van der Waals surface area (Å²) < 4.78 is 7.68. The molecule has 4 rings (SSSR count). The van der Waals surface area contributed by atoms with E-state index < -0.39 is 12.2 Å². The van der Waals surface area contributed by atoms with Gasteiger partial charge in [0.15, 0.2) is 0 Å². The van der Waals surface area contributed by atoms with Gasteiger partial charge in [0.05, 0.1) is 18.8 Å². The lowest BCUT2D eigenvalue weighted by atomic mass is 10.0. The van der Waals surface area contributed by atoms with Crippen LogP contribution in [0.1, 0.15) is 10.5 Å². The third kappa shape index (κ3) is 4.22. The van der Waals surface area contributed by atoms with E-state index >= 15 is 0 Å². The molecule has 4 atom stereocenters. The maximum absolute atomic E-state index is 12.5. The summed E-state index contributed by atoms with van der Waals surface area (Å²) in [4.78, 5) is 17.0. The van der Waals surface area contributed by atoms with Crippen LogP contribution in [0.3, 0.4) is 0 Å². The third-order valence-corrected chi connectivity index (χ3v) is 6.14. The molecule has 2 aliphatic heterocycles. The molecule has 3 N–H and O–H groups in total. The molecule has 1 amide bonds. The average molecular weight is 415 g/mol. The lowest BCUT2D eigenvalue weighted by molar-refractivity contribution is -0.0209. The minimum atomic E-state index is -0.796. The van der Waals surface area contributed by atoms with Crippen LogP contribution in [-0.4, -0.2) is 89.3 Å². The number of hydrogen-bond donors (Lipinski definition) is 3. The number of benzene rings is 1. The van der Waals surface area contributed by atoms with Gasteiger partial charge in [-0.2, -0.15) is 0 Å². The summed E-state index contributed by atoms with van der Waals surface area (Å²) >= 11 is 0. The van der Waals surface area contributed by atoms with Crippen LogP contribution in [0, 0.1) is 0 Å². The second-order valence-corrected chi connectivity index (χ2v) is 7.95. The number of carbonyl (C=O) groups is 1. The van der Waals surface area contributed by atoms with Crippen LogP contribution in [-0.2, 0) is 11.8 Å². The lowest BCUT2D eigenvalue weighted by Crippen LogP contribution is -2.57. The first-order valence-corrected chi connectivity index (χ1v) is 10.5. The van der Waals surface area contributed by atoms with Crippen LogP contribution < -0.4 is 10.2 Å². The molecule has 0 radical (unpaired) electrons. The van der Waals surface area contributed by atoms with E-state index in [0.717, 1.165) is 26.2 Å². The summed E-state index contributed by atoms with van der Waals surface area (Å²) in [6, 6.07) is 13.6. The van der Waals surface area contributed by atoms with Crippen LogP contribution in [0.2, 0.25) is 0 Å². The second-order valence-electron chi connectivity index (χ2n) is 7.95. The molecule has 0 saturated carbocycles. The van der Waals surface area contributed by atoms with Gasteiger partial charge in [0, 0.05) is 51.7 Å². The van der Waals surface area contributed by atoms with Crippen LogP contribution in [0.5, 0.6) is 0 Å². The molecule has 162 valence electrons. The molecule has 0 aliphatic carbocycles. The smallest absolute Gasteiger partial charge is 0.267 e. The molecule has 1 aromatic heterocycles. The first-order valence-electron chi connectivity index (χ1n) is 10.5. The highest BCUT2D eigenvalue weighted by atomic mass is 16.5. The van der Waals surface area contributed by atoms with Crippen molar-refractivity contribution in [2.24, 2.45) is 7.05 Å². The minimum Gasteiger partial charge on any atom is -0.394 e. The van der Waals surface area contributed by atoms with Crippen molar-refractivity contribution in [2.75, 3.05) is 44.2 Å². The molecule has 2 aliphatic rings. The maximum Gasteiger partial charge on any atom is 0.267 e. The minimum absolute atomic E-state index is 0.180. The first kappa shape index (κ1) is 20.9. The van der Waals surface area contributed by atoms with Crippen molar-refractivity contribution >= 4 is 11.6 Å². The van der Waals surface area contributed by atoms with Gasteiger partial charge in [-0.25, -0.2) is 0 Å². The van der Waals surface area contributed by atoms with Gasteiger partial charge in [-0.15, -0.1) is 0 Å². The van der Waals surface area contributed by atoms with E-state index in [0.29, 0.717) is 5.69 Å². The van der Waals surface area contributed by atoms with E-state index in [9.17, 15) is 15.0 Å². The molecule has 3 heterocycles. The van der Waals surface area contributed by atoms with Crippen molar-refractivity contribution in [3.05, 3.63) is 54.4 Å². The molecule has 0 spiro atoms. The van der Waals surface area contributed by atoms with Gasteiger partial charge >= 0.3 is 0 Å². The maximum atomic E-state index is 12.5. The fourth-order valence-corrected chi connectivity index (χ4v) is 4.49. The summed E-state index contributed by atoms with van der Waals surface area (Å²) in [7, 11) is 1.82. The number of aliphatic hydroxyl groups excluding tert-OH is 2. The topological polar surface area (TPSA) is 90.2 Å². The summed E-state index contributed by atoms with van der Waals surface area (Å²) in [5, 5.41) is 23.3. The van der Waals surface area contributed by atoms with Crippen LogP contribution >= 0.6 is 0 Å². The normalized spacial score (nSPS) is 27.4. The average Bonchev–Trinajstić information content (AvgIpc) is 3.35. The number of aromatic nitrogens is 1.